The molecule has 0 spiro atoms. The Morgan fingerprint density at radius 1 is 1.03 bits per heavy atom. The van der Waals surface area contributed by atoms with E-state index in [-0.39, 0.29) is 5.91 Å². The smallest absolute Gasteiger partial charge is 0.256 e. The maximum absolute atomic E-state index is 12.6. The zero-order chi connectivity index (χ0) is 21.6. The van der Waals surface area contributed by atoms with Gasteiger partial charge in [0.05, 0.1) is 11.0 Å². The summed E-state index contributed by atoms with van der Waals surface area (Å²) in [4.78, 5) is 22.7. The number of carbonyl (C=O) groups is 1. The lowest BCUT2D eigenvalue weighted by atomic mass is 10.1. The zero-order valence-electron chi connectivity index (χ0n) is 17.8. The number of piperazine rings is 1. The molecule has 4 N–H and O–H groups in total. The van der Waals surface area contributed by atoms with E-state index in [1.54, 1.807) is 6.07 Å². The molecule has 4 aromatic rings. The average molecular weight is 418 g/mol. The molecule has 1 saturated heterocycles. The Morgan fingerprint density at radius 2 is 1.77 bits per heavy atom. The summed E-state index contributed by atoms with van der Waals surface area (Å²) in [5.41, 5.74) is 4.28. The molecule has 0 saturated carbocycles. The molecular weight excluding hydrogens is 390 g/mol. The van der Waals surface area contributed by atoms with E-state index in [2.05, 4.69) is 35.7 Å². The second-order valence-electron chi connectivity index (χ2n) is 7.01. The number of rotatable bonds is 4. The second-order valence-corrected chi connectivity index (χ2v) is 7.01. The van der Waals surface area contributed by atoms with Crippen molar-refractivity contribution in [2.45, 2.75) is 13.8 Å². The summed E-state index contributed by atoms with van der Waals surface area (Å²) in [7, 11) is 0. The molecule has 160 valence electrons. The van der Waals surface area contributed by atoms with Crippen molar-refractivity contribution in [2.24, 2.45) is 0 Å². The fourth-order valence-corrected chi connectivity index (χ4v) is 3.52. The Kier molecular flexibility index (Phi) is 6.28. The normalized spacial score (nSPS) is 13.5. The van der Waals surface area contributed by atoms with Crippen LogP contribution in [0.3, 0.4) is 0 Å². The first kappa shape index (κ1) is 20.6. The van der Waals surface area contributed by atoms with Crippen molar-refractivity contribution in [1.29, 1.82) is 0 Å². The van der Waals surface area contributed by atoms with Gasteiger partial charge < -0.3 is 20.5 Å². The van der Waals surface area contributed by atoms with Crippen molar-refractivity contribution < 1.29 is 4.79 Å². The van der Waals surface area contributed by atoms with E-state index in [9.17, 15) is 4.79 Å². The predicted molar refractivity (Wildman–Crippen MR) is 125 cm³/mol. The van der Waals surface area contributed by atoms with Crippen LogP contribution in [0.25, 0.3) is 22.6 Å². The number of para-hydroxylation sites is 2. The van der Waals surface area contributed by atoms with Crippen molar-refractivity contribution >= 4 is 28.4 Å². The van der Waals surface area contributed by atoms with E-state index < -0.39 is 0 Å². The SMILES string of the molecule is CC.O=C(Nc1cc(-c2nc3ccccc3[nH]2)[nH]n1)c1ccc(N2CCNCC2)cc1. The second kappa shape index (κ2) is 9.44. The van der Waals surface area contributed by atoms with Crippen LogP contribution in [-0.4, -0.2) is 52.3 Å². The van der Waals surface area contributed by atoms with Crippen LogP contribution in [0, 0.1) is 0 Å². The summed E-state index contributed by atoms with van der Waals surface area (Å²) >= 11 is 0. The minimum atomic E-state index is -0.195. The van der Waals surface area contributed by atoms with Crippen molar-refractivity contribution in [1.82, 2.24) is 25.5 Å². The highest BCUT2D eigenvalue weighted by molar-refractivity contribution is 6.04. The van der Waals surface area contributed by atoms with Gasteiger partial charge >= 0.3 is 0 Å². The van der Waals surface area contributed by atoms with Gasteiger partial charge in [0.15, 0.2) is 11.6 Å². The highest BCUT2D eigenvalue weighted by Crippen LogP contribution is 2.21. The Bertz CT molecular complexity index is 1110. The number of fused-ring (bicyclic) bond motifs is 1. The molecule has 1 amide bonds. The topological polar surface area (TPSA) is 102 Å². The van der Waals surface area contributed by atoms with Gasteiger partial charge in [-0.2, -0.15) is 5.10 Å². The first-order valence-electron chi connectivity index (χ1n) is 10.6. The van der Waals surface area contributed by atoms with E-state index in [4.69, 9.17) is 0 Å². The van der Waals surface area contributed by atoms with Gasteiger partial charge in [0, 0.05) is 43.5 Å². The maximum atomic E-state index is 12.6. The molecular formula is C23H27N7O. The first-order chi connectivity index (χ1) is 15.3. The third-order valence-electron chi connectivity index (χ3n) is 5.08. The third-order valence-corrected chi connectivity index (χ3v) is 5.08. The number of amides is 1. The van der Waals surface area contributed by atoms with Crippen molar-refractivity contribution in [3.8, 4) is 11.5 Å². The van der Waals surface area contributed by atoms with Crippen LogP contribution in [0.1, 0.15) is 24.2 Å². The first-order valence-corrected chi connectivity index (χ1v) is 10.6. The molecule has 1 aliphatic heterocycles. The molecule has 2 aromatic heterocycles. The molecule has 2 aromatic carbocycles. The van der Waals surface area contributed by atoms with Crippen molar-refractivity contribution in [2.75, 3.05) is 36.4 Å². The summed E-state index contributed by atoms with van der Waals surface area (Å²) in [6.45, 7) is 7.91. The molecule has 5 rings (SSSR count). The number of imidazole rings is 1. The van der Waals surface area contributed by atoms with Gasteiger partial charge in [-0.3, -0.25) is 9.89 Å². The van der Waals surface area contributed by atoms with Gasteiger partial charge in [0.2, 0.25) is 0 Å². The number of anilines is 2. The summed E-state index contributed by atoms with van der Waals surface area (Å²) in [5, 5.41) is 13.3. The van der Waals surface area contributed by atoms with Crippen molar-refractivity contribution in [3.63, 3.8) is 0 Å². The number of aromatic amines is 2. The molecule has 0 radical (unpaired) electrons. The quantitative estimate of drug-likeness (QED) is 0.406. The molecule has 0 unspecified atom stereocenters. The van der Waals surface area contributed by atoms with Gasteiger partial charge in [0.1, 0.15) is 5.69 Å². The molecule has 8 nitrogen and oxygen atoms in total. The number of benzene rings is 2. The number of nitrogens with zero attached hydrogens (tertiary/aromatic N) is 3. The minimum absolute atomic E-state index is 0.195. The van der Waals surface area contributed by atoms with Crippen LogP contribution >= 0.6 is 0 Å². The Balaban J connectivity index is 0.00000112. The van der Waals surface area contributed by atoms with Crippen LogP contribution in [-0.2, 0) is 0 Å². The predicted octanol–water partition coefficient (Wildman–Crippen LogP) is 3.64. The van der Waals surface area contributed by atoms with Crippen LogP contribution in [0.4, 0.5) is 11.5 Å². The van der Waals surface area contributed by atoms with E-state index in [0.717, 1.165) is 42.9 Å². The highest BCUT2D eigenvalue weighted by Gasteiger charge is 2.14. The average Bonchev–Trinajstić information content (AvgIpc) is 3.48. The van der Waals surface area contributed by atoms with Crippen LogP contribution in [0.5, 0.6) is 0 Å². The van der Waals surface area contributed by atoms with E-state index in [1.807, 2.05) is 62.4 Å². The molecule has 0 atom stereocenters. The Morgan fingerprint density at radius 3 is 2.52 bits per heavy atom. The van der Waals surface area contributed by atoms with Crippen LogP contribution in [0.15, 0.2) is 54.6 Å². The van der Waals surface area contributed by atoms with E-state index >= 15 is 0 Å². The summed E-state index contributed by atoms with van der Waals surface area (Å²) in [5.74, 6) is 0.940. The molecule has 0 bridgehead atoms. The minimum Gasteiger partial charge on any atom is -0.369 e. The Labute approximate surface area is 181 Å². The summed E-state index contributed by atoms with van der Waals surface area (Å²) in [6.07, 6.45) is 0. The fraction of sp³-hybridized carbons (Fsp3) is 0.261. The molecule has 8 heteroatoms. The number of nitrogens with one attached hydrogen (secondary N) is 4. The van der Waals surface area contributed by atoms with Gasteiger partial charge in [0.25, 0.3) is 5.91 Å². The lowest BCUT2D eigenvalue weighted by Gasteiger charge is -2.29. The van der Waals surface area contributed by atoms with Gasteiger partial charge in [-0.15, -0.1) is 0 Å². The Hall–Kier alpha value is -3.65. The number of hydrogen-bond acceptors (Lipinski definition) is 5. The van der Waals surface area contributed by atoms with Gasteiger partial charge in [-0.1, -0.05) is 26.0 Å². The maximum Gasteiger partial charge on any atom is 0.256 e. The molecule has 31 heavy (non-hydrogen) atoms. The summed E-state index contributed by atoms with van der Waals surface area (Å²) in [6, 6.07) is 17.3. The lowest BCUT2D eigenvalue weighted by Crippen LogP contribution is -2.43. The van der Waals surface area contributed by atoms with Gasteiger partial charge in [-0.25, -0.2) is 4.98 Å². The standard InChI is InChI=1S/C21H21N7O.C2H6/c29-21(14-5-7-15(8-6-14)28-11-9-22-10-12-28)25-19-13-18(26-27-19)20-23-16-3-1-2-4-17(16)24-20;1-2/h1-8,13,22H,9-12H2,(H,23,24)(H2,25,26,27,29);1-2H3. The zero-order valence-corrected chi connectivity index (χ0v) is 17.8. The summed E-state index contributed by atoms with van der Waals surface area (Å²) < 4.78 is 0. The monoisotopic (exact) mass is 417 g/mol. The molecule has 1 fully saturated rings. The van der Waals surface area contributed by atoms with Crippen LogP contribution in [0.2, 0.25) is 0 Å². The third kappa shape index (κ3) is 4.59. The fourth-order valence-electron chi connectivity index (χ4n) is 3.52. The lowest BCUT2D eigenvalue weighted by molar-refractivity contribution is 0.102. The molecule has 1 aliphatic rings. The van der Waals surface area contributed by atoms with Crippen molar-refractivity contribution in [3.05, 3.63) is 60.2 Å². The largest absolute Gasteiger partial charge is 0.369 e. The van der Waals surface area contributed by atoms with Gasteiger partial charge in [-0.05, 0) is 36.4 Å². The number of hydrogen-bond donors (Lipinski definition) is 4. The van der Waals surface area contributed by atoms with E-state index in [1.165, 1.54) is 0 Å². The highest BCUT2D eigenvalue weighted by atomic mass is 16.1. The molecule has 0 aliphatic carbocycles. The molecule has 3 heterocycles. The number of carbonyl (C=O) groups excluding carboxylic acids is 1. The van der Waals surface area contributed by atoms with E-state index in [0.29, 0.717) is 22.9 Å². The number of H-pyrrole nitrogens is 2. The number of aromatic nitrogens is 4. The van der Waals surface area contributed by atoms with Crippen LogP contribution < -0.4 is 15.5 Å².